The highest BCUT2D eigenvalue weighted by Crippen LogP contribution is 2.04. The molecule has 0 radical (unpaired) electrons. The number of nitrogens with two attached hydrogens (primary N) is 1. The van der Waals surface area contributed by atoms with E-state index in [0.717, 1.165) is 51.6 Å². The molecular weight excluding hydrogens is 216 g/mol. The molecule has 4 N–H and O–H groups in total. The van der Waals surface area contributed by atoms with Crippen molar-refractivity contribution in [1.29, 1.82) is 0 Å². The number of carbonyl (C=O) groups is 1. The van der Waals surface area contributed by atoms with Crippen LogP contribution in [0.3, 0.4) is 0 Å². The Hall–Kier alpha value is -0.610. The highest BCUT2D eigenvalue weighted by molar-refractivity contribution is 5.75. The van der Waals surface area contributed by atoms with Crippen molar-refractivity contribution in [2.24, 2.45) is 11.7 Å². The van der Waals surface area contributed by atoms with Gasteiger partial charge in [-0.3, -0.25) is 4.79 Å². The largest absolute Gasteiger partial charge is 0.396 e. The first-order valence-corrected chi connectivity index (χ1v) is 6.78. The highest BCUT2D eigenvalue weighted by Gasteiger charge is 2.02. The van der Waals surface area contributed by atoms with Gasteiger partial charge in [0, 0.05) is 19.6 Å². The third-order valence-electron chi connectivity index (χ3n) is 2.87. The molecule has 0 aromatic carbocycles. The van der Waals surface area contributed by atoms with Gasteiger partial charge >= 0.3 is 0 Å². The first-order chi connectivity index (χ1) is 8.20. The predicted molar refractivity (Wildman–Crippen MR) is 70.6 cm³/mol. The smallest absolute Gasteiger partial charge is 0.219 e. The Labute approximate surface area is 105 Å². The molecular formula is C13H28N2O2. The van der Waals surface area contributed by atoms with Crippen LogP contribution in [0.1, 0.15) is 51.9 Å². The standard InChI is InChI=1S/C13H28N2O2/c1-12(11-16)7-6-10-15-13(17)8-4-2-3-5-9-14/h12,16H,2-11,14H2,1H3,(H,15,17). The first-order valence-electron chi connectivity index (χ1n) is 6.78. The topological polar surface area (TPSA) is 75.3 Å². The van der Waals surface area contributed by atoms with E-state index < -0.39 is 0 Å². The number of amides is 1. The van der Waals surface area contributed by atoms with Crippen molar-refractivity contribution in [3.8, 4) is 0 Å². The Kier molecular flexibility index (Phi) is 11.4. The Balaban J connectivity index is 3.23. The molecule has 0 aliphatic rings. The van der Waals surface area contributed by atoms with Crippen LogP contribution in [0.5, 0.6) is 0 Å². The van der Waals surface area contributed by atoms with Crippen molar-refractivity contribution in [1.82, 2.24) is 5.32 Å². The van der Waals surface area contributed by atoms with Crippen molar-refractivity contribution in [3.63, 3.8) is 0 Å². The van der Waals surface area contributed by atoms with Gasteiger partial charge in [-0.05, 0) is 38.1 Å². The molecule has 0 fully saturated rings. The second-order valence-electron chi connectivity index (χ2n) is 4.73. The third-order valence-corrected chi connectivity index (χ3v) is 2.87. The molecule has 0 aliphatic heterocycles. The summed E-state index contributed by atoms with van der Waals surface area (Å²) in [6.07, 6.45) is 6.76. The van der Waals surface area contributed by atoms with Crippen LogP contribution in [-0.4, -0.2) is 30.7 Å². The molecule has 0 heterocycles. The quantitative estimate of drug-likeness (QED) is 0.481. The second kappa shape index (κ2) is 11.9. The summed E-state index contributed by atoms with van der Waals surface area (Å²) in [5, 5.41) is 11.7. The number of nitrogens with one attached hydrogen (secondary N) is 1. The van der Waals surface area contributed by atoms with Crippen LogP contribution >= 0.6 is 0 Å². The zero-order valence-electron chi connectivity index (χ0n) is 11.1. The van der Waals surface area contributed by atoms with Crippen molar-refractivity contribution in [2.45, 2.75) is 51.9 Å². The summed E-state index contributed by atoms with van der Waals surface area (Å²) in [5.41, 5.74) is 5.39. The number of aliphatic hydroxyl groups is 1. The number of carbonyl (C=O) groups excluding carboxylic acids is 1. The molecule has 0 saturated carbocycles. The molecule has 0 aromatic rings. The van der Waals surface area contributed by atoms with E-state index in [2.05, 4.69) is 5.32 Å². The molecule has 4 heteroatoms. The van der Waals surface area contributed by atoms with Crippen LogP contribution in [0, 0.1) is 5.92 Å². The minimum atomic E-state index is 0.148. The van der Waals surface area contributed by atoms with Gasteiger partial charge in [0.1, 0.15) is 0 Å². The van der Waals surface area contributed by atoms with Gasteiger partial charge in [-0.2, -0.15) is 0 Å². The summed E-state index contributed by atoms with van der Waals surface area (Å²) < 4.78 is 0. The monoisotopic (exact) mass is 244 g/mol. The molecule has 0 saturated heterocycles. The lowest BCUT2D eigenvalue weighted by atomic mass is 10.1. The Morgan fingerprint density at radius 2 is 1.94 bits per heavy atom. The number of aliphatic hydroxyl groups excluding tert-OH is 1. The molecule has 4 nitrogen and oxygen atoms in total. The Morgan fingerprint density at radius 1 is 1.24 bits per heavy atom. The van der Waals surface area contributed by atoms with Gasteiger partial charge in [0.05, 0.1) is 0 Å². The fourth-order valence-electron chi connectivity index (χ4n) is 1.64. The zero-order chi connectivity index (χ0) is 12.9. The van der Waals surface area contributed by atoms with Gasteiger partial charge in [-0.1, -0.05) is 19.8 Å². The van der Waals surface area contributed by atoms with Gasteiger partial charge in [0.25, 0.3) is 0 Å². The molecule has 1 amide bonds. The maximum atomic E-state index is 11.4. The molecule has 0 aliphatic carbocycles. The summed E-state index contributed by atoms with van der Waals surface area (Å²) in [7, 11) is 0. The van der Waals surface area contributed by atoms with Crippen LogP contribution in [-0.2, 0) is 4.79 Å². The lowest BCUT2D eigenvalue weighted by Gasteiger charge is -2.08. The summed E-state index contributed by atoms with van der Waals surface area (Å²) in [5.74, 6) is 0.484. The number of unbranched alkanes of at least 4 members (excludes halogenated alkanes) is 3. The minimum absolute atomic E-state index is 0.148. The van der Waals surface area contributed by atoms with E-state index in [-0.39, 0.29) is 12.5 Å². The Morgan fingerprint density at radius 3 is 2.59 bits per heavy atom. The summed E-state index contributed by atoms with van der Waals surface area (Å²) in [6.45, 7) is 3.72. The third kappa shape index (κ3) is 11.6. The zero-order valence-corrected chi connectivity index (χ0v) is 11.1. The van der Waals surface area contributed by atoms with E-state index in [1.165, 1.54) is 0 Å². The van der Waals surface area contributed by atoms with Crippen molar-refractivity contribution >= 4 is 5.91 Å². The number of rotatable bonds is 11. The summed E-state index contributed by atoms with van der Waals surface area (Å²) >= 11 is 0. The van der Waals surface area contributed by atoms with E-state index >= 15 is 0 Å². The maximum absolute atomic E-state index is 11.4. The summed E-state index contributed by atoms with van der Waals surface area (Å²) in [4.78, 5) is 11.4. The molecule has 0 spiro atoms. The fraction of sp³-hybridized carbons (Fsp3) is 0.923. The van der Waals surface area contributed by atoms with Crippen molar-refractivity contribution in [3.05, 3.63) is 0 Å². The van der Waals surface area contributed by atoms with Gasteiger partial charge < -0.3 is 16.2 Å². The van der Waals surface area contributed by atoms with Crippen molar-refractivity contribution in [2.75, 3.05) is 19.7 Å². The van der Waals surface area contributed by atoms with Crippen LogP contribution in [0.4, 0.5) is 0 Å². The SMILES string of the molecule is CC(CO)CCCNC(=O)CCCCCCN. The van der Waals surface area contributed by atoms with E-state index in [1.807, 2.05) is 6.92 Å². The fourth-order valence-corrected chi connectivity index (χ4v) is 1.64. The van der Waals surface area contributed by atoms with Gasteiger partial charge in [0.2, 0.25) is 5.91 Å². The molecule has 17 heavy (non-hydrogen) atoms. The summed E-state index contributed by atoms with van der Waals surface area (Å²) in [6, 6.07) is 0. The van der Waals surface area contributed by atoms with Crippen molar-refractivity contribution < 1.29 is 9.90 Å². The molecule has 0 aromatic heterocycles. The number of hydrogen-bond acceptors (Lipinski definition) is 3. The van der Waals surface area contributed by atoms with Gasteiger partial charge in [0.15, 0.2) is 0 Å². The average molecular weight is 244 g/mol. The molecule has 1 unspecified atom stereocenters. The van der Waals surface area contributed by atoms with Crippen LogP contribution in [0.2, 0.25) is 0 Å². The van der Waals surface area contributed by atoms with Crippen LogP contribution in [0.25, 0.3) is 0 Å². The van der Waals surface area contributed by atoms with Crippen LogP contribution in [0.15, 0.2) is 0 Å². The number of hydrogen-bond donors (Lipinski definition) is 3. The van der Waals surface area contributed by atoms with E-state index in [0.29, 0.717) is 12.3 Å². The van der Waals surface area contributed by atoms with Gasteiger partial charge in [-0.25, -0.2) is 0 Å². The maximum Gasteiger partial charge on any atom is 0.219 e. The normalized spacial score (nSPS) is 12.4. The minimum Gasteiger partial charge on any atom is -0.396 e. The molecule has 0 bridgehead atoms. The predicted octanol–water partition coefficient (Wildman–Crippen LogP) is 1.42. The first kappa shape index (κ1) is 16.4. The highest BCUT2D eigenvalue weighted by atomic mass is 16.3. The van der Waals surface area contributed by atoms with E-state index in [1.54, 1.807) is 0 Å². The van der Waals surface area contributed by atoms with Gasteiger partial charge in [-0.15, -0.1) is 0 Å². The van der Waals surface area contributed by atoms with E-state index in [4.69, 9.17) is 10.8 Å². The molecule has 102 valence electrons. The molecule has 1 atom stereocenters. The van der Waals surface area contributed by atoms with E-state index in [9.17, 15) is 4.79 Å². The second-order valence-corrected chi connectivity index (χ2v) is 4.73. The lowest BCUT2D eigenvalue weighted by Crippen LogP contribution is -2.24. The van der Waals surface area contributed by atoms with Crippen LogP contribution < -0.4 is 11.1 Å². The Bertz CT molecular complexity index is 186. The average Bonchev–Trinajstić information content (AvgIpc) is 2.34. The lowest BCUT2D eigenvalue weighted by molar-refractivity contribution is -0.121. The molecule has 0 rings (SSSR count).